The van der Waals surface area contributed by atoms with Crippen molar-refractivity contribution in [3.05, 3.63) is 34.9 Å². The minimum absolute atomic E-state index is 0.0536. The molecule has 0 amide bonds. The van der Waals surface area contributed by atoms with Crippen LogP contribution in [0, 0.1) is 0 Å². The van der Waals surface area contributed by atoms with E-state index in [9.17, 15) is 4.79 Å². The summed E-state index contributed by atoms with van der Waals surface area (Å²) >= 11 is 0. The first-order chi connectivity index (χ1) is 9.79. The van der Waals surface area contributed by atoms with E-state index < -0.39 is 0 Å². The summed E-state index contributed by atoms with van der Waals surface area (Å²) < 4.78 is 11.0. The van der Waals surface area contributed by atoms with Gasteiger partial charge in [-0.05, 0) is 24.5 Å². The molecule has 0 radical (unpaired) electrons. The topological polar surface area (TPSA) is 47.6 Å². The second-order valence-corrected chi connectivity index (χ2v) is 5.46. The fourth-order valence-corrected chi connectivity index (χ4v) is 2.89. The van der Waals surface area contributed by atoms with Crippen molar-refractivity contribution in [2.24, 2.45) is 0 Å². The second-order valence-electron chi connectivity index (χ2n) is 5.46. The number of carbonyl (C=O) groups excluding carboxylic acids is 1. The van der Waals surface area contributed by atoms with Gasteiger partial charge in [-0.2, -0.15) is 0 Å². The van der Waals surface area contributed by atoms with E-state index in [1.165, 1.54) is 0 Å². The zero-order valence-electron chi connectivity index (χ0n) is 11.9. The highest BCUT2D eigenvalue weighted by molar-refractivity contribution is 5.94. The lowest BCUT2D eigenvalue weighted by molar-refractivity contribution is 0.0364. The first-order valence-corrected chi connectivity index (χ1v) is 7.45. The molecule has 0 aliphatic carbocycles. The number of nitrogens with one attached hydrogen (secondary N) is 1. The average molecular weight is 275 g/mol. The van der Waals surface area contributed by atoms with Gasteiger partial charge in [-0.3, -0.25) is 0 Å². The average Bonchev–Trinajstić information content (AvgIpc) is 2.82. The Morgan fingerprint density at radius 1 is 1.40 bits per heavy atom. The van der Waals surface area contributed by atoms with E-state index in [0.29, 0.717) is 6.61 Å². The fourth-order valence-electron chi connectivity index (χ4n) is 2.89. The molecule has 4 nitrogen and oxygen atoms in total. The zero-order chi connectivity index (χ0) is 13.9. The number of rotatable bonds is 4. The number of unbranched alkanes of at least 4 members (excludes halogenated alkanes) is 1. The molecule has 0 bridgehead atoms. The molecule has 2 unspecified atom stereocenters. The molecule has 2 aliphatic heterocycles. The number of morpholine rings is 1. The maximum Gasteiger partial charge on any atom is 0.339 e. The van der Waals surface area contributed by atoms with Gasteiger partial charge >= 0.3 is 5.97 Å². The third kappa shape index (κ3) is 2.58. The first-order valence-electron chi connectivity index (χ1n) is 7.45. The Morgan fingerprint density at radius 2 is 2.30 bits per heavy atom. The maximum absolute atomic E-state index is 12.0. The third-order valence-electron chi connectivity index (χ3n) is 4.04. The van der Waals surface area contributed by atoms with Crippen LogP contribution in [0.1, 0.15) is 59.8 Å². The minimum Gasteiger partial charge on any atom is -0.454 e. The normalized spacial score (nSPS) is 25.4. The number of hydrogen-bond acceptors (Lipinski definition) is 4. The van der Waals surface area contributed by atoms with E-state index in [1.807, 2.05) is 12.1 Å². The number of cyclic esters (lactones) is 1. The van der Waals surface area contributed by atoms with Crippen molar-refractivity contribution in [2.45, 2.75) is 38.3 Å². The number of hydrogen-bond donors (Lipinski definition) is 1. The Balaban J connectivity index is 1.81. The van der Waals surface area contributed by atoms with E-state index in [-0.39, 0.29) is 18.1 Å². The van der Waals surface area contributed by atoms with Gasteiger partial charge in [0.2, 0.25) is 0 Å². The van der Waals surface area contributed by atoms with Gasteiger partial charge in [0.15, 0.2) is 0 Å². The van der Waals surface area contributed by atoms with E-state index in [4.69, 9.17) is 9.47 Å². The standard InChI is InChI=1S/C16H21NO3/c1-2-3-4-15-12-6-5-11(9-13(12)16(18)20-15)14-10-19-8-7-17-14/h5-6,9,14-15,17H,2-4,7-8,10H2,1H3. The molecule has 1 aromatic rings. The monoisotopic (exact) mass is 275 g/mol. The Kier molecular flexibility index (Phi) is 4.03. The summed E-state index contributed by atoms with van der Waals surface area (Å²) in [6.07, 6.45) is 3.06. The van der Waals surface area contributed by atoms with Crippen molar-refractivity contribution in [3.8, 4) is 0 Å². The summed E-state index contributed by atoms with van der Waals surface area (Å²) in [6, 6.07) is 6.28. The molecular formula is C16H21NO3. The number of esters is 1. The number of fused-ring (bicyclic) bond motifs is 1. The van der Waals surface area contributed by atoms with Crippen molar-refractivity contribution < 1.29 is 14.3 Å². The van der Waals surface area contributed by atoms with Gasteiger partial charge in [-0.15, -0.1) is 0 Å². The molecule has 0 spiro atoms. The highest BCUT2D eigenvalue weighted by atomic mass is 16.5. The molecule has 108 valence electrons. The molecule has 1 aromatic carbocycles. The van der Waals surface area contributed by atoms with Crippen LogP contribution in [-0.2, 0) is 9.47 Å². The number of ether oxygens (including phenoxy) is 2. The highest BCUT2D eigenvalue weighted by Crippen LogP contribution is 2.35. The van der Waals surface area contributed by atoms with E-state index in [0.717, 1.165) is 49.1 Å². The first kappa shape index (κ1) is 13.6. The van der Waals surface area contributed by atoms with Crippen LogP contribution in [0.4, 0.5) is 0 Å². The quantitative estimate of drug-likeness (QED) is 0.858. The molecule has 1 fully saturated rings. The molecule has 20 heavy (non-hydrogen) atoms. The predicted molar refractivity (Wildman–Crippen MR) is 75.7 cm³/mol. The molecule has 1 saturated heterocycles. The summed E-state index contributed by atoms with van der Waals surface area (Å²) in [5.74, 6) is -0.181. The fraction of sp³-hybridized carbons (Fsp3) is 0.562. The maximum atomic E-state index is 12.0. The summed E-state index contributed by atoms with van der Waals surface area (Å²) in [7, 11) is 0. The molecule has 3 rings (SSSR count). The zero-order valence-corrected chi connectivity index (χ0v) is 11.9. The summed E-state index contributed by atoms with van der Waals surface area (Å²) in [6.45, 7) is 4.41. The van der Waals surface area contributed by atoms with Gasteiger partial charge in [-0.25, -0.2) is 4.79 Å². The van der Waals surface area contributed by atoms with Gasteiger partial charge in [0.05, 0.1) is 24.8 Å². The molecular weight excluding hydrogens is 254 g/mol. The number of benzene rings is 1. The van der Waals surface area contributed by atoms with Crippen LogP contribution in [0.2, 0.25) is 0 Å². The molecule has 2 aliphatic rings. The SMILES string of the molecule is CCCCC1OC(=O)c2cc(C3COCCN3)ccc21. The molecule has 4 heteroatoms. The van der Waals surface area contributed by atoms with E-state index in [2.05, 4.69) is 18.3 Å². The Bertz CT molecular complexity index is 494. The lowest BCUT2D eigenvalue weighted by Crippen LogP contribution is -2.34. The van der Waals surface area contributed by atoms with E-state index in [1.54, 1.807) is 0 Å². The summed E-state index contributed by atoms with van der Waals surface area (Å²) in [4.78, 5) is 12.0. The number of carbonyl (C=O) groups is 1. The molecule has 1 N–H and O–H groups in total. The Hall–Kier alpha value is -1.39. The van der Waals surface area contributed by atoms with Crippen LogP contribution in [0.15, 0.2) is 18.2 Å². The van der Waals surface area contributed by atoms with Crippen LogP contribution in [0.5, 0.6) is 0 Å². The van der Waals surface area contributed by atoms with Crippen LogP contribution < -0.4 is 5.32 Å². The molecule has 0 saturated carbocycles. The van der Waals surface area contributed by atoms with Gasteiger partial charge < -0.3 is 14.8 Å². The van der Waals surface area contributed by atoms with Crippen molar-refractivity contribution in [1.82, 2.24) is 5.32 Å². The van der Waals surface area contributed by atoms with Crippen molar-refractivity contribution in [2.75, 3.05) is 19.8 Å². The minimum atomic E-state index is -0.181. The molecule has 0 aromatic heterocycles. The predicted octanol–water partition coefficient (Wildman–Crippen LogP) is 2.75. The molecule has 2 heterocycles. The molecule has 2 atom stereocenters. The van der Waals surface area contributed by atoms with Crippen LogP contribution in [-0.4, -0.2) is 25.7 Å². The highest BCUT2D eigenvalue weighted by Gasteiger charge is 2.31. The van der Waals surface area contributed by atoms with Crippen LogP contribution in [0.3, 0.4) is 0 Å². The van der Waals surface area contributed by atoms with Gasteiger partial charge in [0.1, 0.15) is 6.10 Å². The smallest absolute Gasteiger partial charge is 0.339 e. The Morgan fingerprint density at radius 3 is 3.05 bits per heavy atom. The second kappa shape index (κ2) is 5.94. The van der Waals surface area contributed by atoms with Crippen molar-refractivity contribution in [1.29, 1.82) is 0 Å². The van der Waals surface area contributed by atoms with Crippen LogP contribution >= 0.6 is 0 Å². The van der Waals surface area contributed by atoms with Gasteiger partial charge in [0, 0.05) is 12.1 Å². The largest absolute Gasteiger partial charge is 0.454 e. The van der Waals surface area contributed by atoms with Crippen LogP contribution in [0.25, 0.3) is 0 Å². The lowest BCUT2D eigenvalue weighted by atomic mass is 9.96. The Labute approximate surface area is 119 Å². The van der Waals surface area contributed by atoms with Crippen molar-refractivity contribution >= 4 is 5.97 Å². The third-order valence-corrected chi connectivity index (χ3v) is 4.04. The van der Waals surface area contributed by atoms with E-state index >= 15 is 0 Å². The van der Waals surface area contributed by atoms with Gasteiger partial charge in [0.25, 0.3) is 0 Å². The van der Waals surface area contributed by atoms with Gasteiger partial charge in [-0.1, -0.05) is 25.5 Å². The summed E-state index contributed by atoms with van der Waals surface area (Å²) in [5, 5.41) is 3.41. The lowest BCUT2D eigenvalue weighted by Gasteiger charge is -2.24. The summed E-state index contributed by atoms with van der Waals surface area (Å²) in [5.41, 5.74) is 2.89. The van der Waals surface area contributed by atoms with Crippen molar-refractivity contribution in [3.63, 3.8) is 0 Å².